The van der Waals surface area contributed by atoms with Gasteiger partial charge in [-0.2, -0.15) is 0 Å². The lowest BCUT2D eigenvalue weighted by atomic mass is 9.94. The maximum atomic E-state index is 12.0. The van der Waals surface area contributed by atoms with Gasteiger partial charge >= 0.3 is 5.97 Å². The van der Waals surface area contributed by atoms with E-state index in [1.54, 1.807) is 6.92 Å². The van der Waals surface area contributed by atoms with Crippen LogP contribution in [0.2, 0.25) is 0 Å². The van der Waals surface area contributed by atoms with E-state index in [2.05, 4.69) is 15.1 Å². The van der Waals surface area contributed by atoms with Crippen LogP contribution in [-0.2, 0) is 16.1 Å². The van der Waals surface area contributed by atoms with Crippen LogP contribution in [0, 0.1) is 18.8 Å². The van der Waals surface area contributed by atoms with Crippen molar-refractivity contribution >= 4 is 5.97 Å². The van der Waals surface area contributed by atoms with Crippen LogP contribution in [0.15, 0.2) is 4.42 Å². The third-order valence-corrected chi connectivity index (χ3v) is 4.33. The largest absolute Gasteiger partial charge is 0.468 e. The summed E-state index contributed by atoms with van der Waals surface area (Å²) in [7, 11) is 1.46. The molecule has 2 fully saturated rings. The minimum atomic E-state index is -0.148. The number of hydrogen-bond donors (Lipinski definition) is 0. The quantitative estimate of drug-likeness (QED) is 0.764. The lowest BCUT2D eigenvalue weighted by Crippen LogP contribution is -2.40. The number of aryl methyl sites for hydroxylation is 1. The second kappa shape index (κ2) is 4.92. The van der Waals surface area contributed by atoms with E-state index in [0.717, 1.165) is 13.0 Å². The molecular weight excluding hydrogens is 246 g/mol. The Morgan fingerprint density at radius 2 is 2.32 bits per heavy atom. The first kappa shape index (κ1) is 12.6. The molecule has 1 aliphatic carbocycles. The summed E-state index contributed by atoms with van der Waals surface area (Å²) in [5.74, 6) is 2.03. The van der Waals surface area contributed by atoms with Crippen LogP contribution in [0.1, 0.15) is 31.0 Å². The van der Waals surface area contributed by atoms with E-state index in [-0.39, 0.29) is 12.0 Å². The molecule has 1 aromatic rings. The minimum absolute atomic E-state index is 0.134. The van der Waals surface area contributed by atoms with Gasteiger partial charge in [0.15, 0.2) is 0 Å². The predicted molar refractivity (Wildman–Crippen MR) is 66.1 cm³/mol. The van der Waals surface area contributed by atoms with Crippen LogP contribution in [0.3, 0.4) is 0 Å². The van der Waals surface area contributed by atoms with Gasteiger partial charge < -0.3 is 9.15 Å². The molecule has 19 heavy (non-hydrogen) atoms. The number of carbonyl (C=O) groups excluding carboxylic acids is 1. The van der Waals surface area contributed by atoms with Crippen LogP contribution in [0.25, 0.3) is 0 Å². The summed E-state index contributed by atoms with van der Waals surface area (Å²) in [6.07, 6.45) is 3.54. The van der Waals surface area contributed by atoms with Gasteiger partial charge in [-0.3, -0.25) is 9.69 Å². The van der Waals surface area contributed by atoms with Crippen LogP contribution < -0.4 is 0 Å². The molecule has 0 spiro atoms. The Balaban J connectivity index is 1.77. The predicted octanol–water partition coefficient (Wildman–Crippen LogP) is 1.15. The van der Waals surface area contributed by atoms with Crippen LogP contribution in [0.4, 0.5) is 0 Å². The van der Waals surface area contributed by atoms with E-state index in [1.165, 1.54) is 20.0 Å². The molecule has 1 saturated carbocycles. The third kappa shape index (κ3) is 2.25. The van der Waals surface area contributed by atoms with Crippen molar-refractivity contribution in [2.45, 2.75) is 38.8 Å². The number of aromatic nitrogens is 2. The van der Waals surface area contributed by atoms with Crippen molar-refractivity contribution in [2.24, 2.45) is 11.8 Å². The second-order valence-electron chi connectivity index (χ2n) is 5.47. The molecule has 0 aromatic carbocycles. The molecule has 1 aliphatic heterocycles. The monoisotopic (exact) mass is 265 g/mol. The summed E-state index contributed by atoms with van der Waals surface area (Å²) < 4.78 is 10.4. The van der Waals surface area contributed by atoms with Crippen LogP contribution in [0.5, 0.6) is 0 Å². The van der Waals surface area contributed by atoms with Gasteiger partial charge in [0.2, 0.25) is 11.8 Å². The van der Waals surface area contributed by atoms with E-state index in [0.29, 0.717) is 30.2 Å². The summed E-state index contributed by atoms with van der Waals surface area (Å²) in [4.78, 5) is 14.2. The van der Waals surface area contributed by atoms with E-state index < -0.39 is 0 Å². The Morgan fingerprint density at radius 1 is 1.47 bits per heavy atom. The fourth-order valence-corrected chi connectivity index (χ4v) is 3.58. The van der Waals surface area contributed by atoms with E-state index in [1.807, 2.05) is 0 Å². The average molecular weight is 265 g/mol. The highest BCUT2D eigenvalue weighted by molar-refractivity contribution is 5.76. The summed E-state index contributed by atoms with van der Waals surface area (Å²) in [6, 6.07) is -0.148. The normalized spacial score (nSPS) is 30.5. The molecule has 0 N–H and O–H groups in total. The lowest BCUT2D eigenvalue weighted by molar-refractivity contribution is -0.147. The summed E-state index contributed by atoms with van der Waals surface area (Å²) in [5, 5.41) is 7.84. The van der Waals surface area contributed by atoms with Gasteiger partial charge in [0, 0.05) is 13.5 Å². The van der Waals surface area contributed by atoms with E-state index in [4.69, 9.17) is 9.15 Å². The highest BCUT2D eigenvalue weighted by atomic mass is 16.5. The number of carbonyl (C=O) groups is 1. The standard InChI is InChI=1S/C13H19N3O3/c1-8-14-15-11(19-8)7-16-6-9-4-3-5-10(9)12(16)13(17)18-2/h9-10,12H,3-7H2,1-2H3/t9-,10-,12+/m1/s1. The maximum absolute atomic E-state index is 12.0. The number of nitrogens with zero attached hydrogens (tertiary/aromatic N) is 3. The molecule has 3 rings (SSSR count). The number of rotatable bonds is 3. The zero-order chi connectivity index (χ0) is 13.4. The molecule has 6 nitrogen and oxygen atoms in total. The molecular formula is C13H19N3O3. The minimum Gasteiger partial charge on any atom is -0.468 e. The van der Waals surface area contributed by atoms with Crippen molar-refractivity contribution in [1.82, 2.24) is 15.1 Å². The van der Waals surface area contributed by atoms with Gasteiger partial charge in [-0.15, -0.1) is 10.2 Å². The molecule has 2 heterocycles. The molecule has 1 saturated heterocycles. The van der Waals surface area contributed by atoms with Crippen molar-refractivity contribution in [3.05, 3.63) is 11.8 Å². The topological polar surface area (TPSA) is 68.5 Å². The molecule has 2 aliphatic rings. The molecule has 0 amide bonds. The highest BCUT2D eigenvalue weighted by Crippen LogP contribution is 2.42. The van der Waals surface area contributed by atoms with Gasteiger partial charge in [-0.25, -0.2) is 0 Å². The molecule has 3 atom stereocenters. The molecule has 6 heteroatoms. The number of ether oxygens (including phenoxy) is 1. The van der Waals surface area contributed by atoms with Gasteiger partial charge in [0.05, 0.1) is 13.7 Å². The maximum Gasteiger partial charge on any atom is 0.323 e. The van der Waals surface area contributed by atoms with Gasteiger partial charge in [0.1, 0.15) is 6.04 Å². The highest BCUT2D eigenvalue weighted by Gasteiger charge is 2.48. The first-order chi connectivity index (χ1) is 9.19. The fourth-order valence-electron chi connectivity index (χ4n) is 3.58. The zero-order valence-corrected chi connectivity index (χ0v) is 11.3. The SMILES string of the molecule is COC(=O)[C@@H]1[C@@H]2CCC[C@@H]2CN1Cc1nnc(C)o1. The number of fused-ring (bicyclic) bond motifs is 1. The van der Waals surface area contributed by atoms with E-state index in [9.17, 15) is 4.79 Å². The Morgan fingerprint density at radius 3 is 3.00 bits per heavy atom. The molecule has 0 radical (unpaired) electrons. The Bertz CT molecular complexity index is 473. The van der Waals surface area contributed by atoms with Crippen molar-refractivity contribution in [3.63, 3.8) is 0 Å². The Labute approximate surface area is 112 Å². The van der Waals surface area contributed by atoms with Crippen molar-refractivity contribution < 1.29 is 13.9 Å². The number of esters is 1. The molecule has 0 bridgehead atoms. The van der Waals surface area contributed by atoms with Gasteiger partial charge in [0.25, 0.3) is 0 Å². The summed E-state index contributed by atoms with van der Waals surface area (Å²) >= 11 is 0. The van der Waals surface area contributed by atoms with Gasteiger partial charge in [-0.05, 0) is 24.7 Å². The third-order valence-electron chi connectivity index (χ3n) is 4.33. The van der Waals surface area contributed by atoms with Crippen molar-refractivity contribution in [3.8, 4) is 0 Å². The summed E-state index contributed by atoms with van der Waals surface area (Å²) in [5.41, 5.74) is 0. The zero-order valence-electron chi connectivity index (χ0n) is 11.3. The number of methoxy groups -OCH3 is 1. The first-order valence-corrected chi connectivity index (χ1v) is 6.80. The first-order valence-electron chi connectivity index (χ1n) is 6.80. The molecule has 0 unspecified atom stereocenters. The number of hydrogen-bond acceptors (Lipinski definition) is 6. The molecule has 1 aromatic heterocycles. The Kier molecular flexibility index (Phi) is 3.26. The van der Waals surface area contributed by atoms with Crippen LogP contribution in [-0.4, -0.2) is 40.8 Å². The van der Waals surface area contributed by atoms with Crippen molar-refractivity contribution in [1.29, 1.82) is 0 Å². The van der Waals surface area contributed by atoms with E-state index >= 15 is 0 Å². The van der Waals surface area contributed by atoms with Crippen LogP contribution >= 0.6 is 0 Å². The van der Waals surface area contributed by atoms with Gasteiger partial charge in [-0.1, -0.05) is 6.42 Å². The Hall–Kier alpha value is -1.43. The smallest absolute Gasteiger partial charge is 0.323 e. The molecule has 104 valence electrons. The lowest BCUT2D eigenvalue weighted by Gasteiger charge is -2.23. The van der Waals surface area contributed by atoms with Crippen molar-refractivity contribution in [2.75, 3.05) is 13.7 Å². The average Bonchev–Trinajstić information content (AvgIpc) is 3.05. The summed E-state index contributed by atoms with van der Waals surface area (Å²) in [6.45, 7) is 3.23. The number of likely N-dealkylation sites (tertiary alicyclic amines) is 1. The second-order valence-corrected chi connectivity index (χ2v) is 5.47. The fraction of sp³-hybridized carbons (Fsp3) is 0.769.